The van der Waals surface area contributed by atoms with E-state index < -0.39 is 17.5 Å². The lowest BCUT2D eigenvalue weighted by Gasteiger charge is -2.19. The number of hydrazine groups is 1. The number of carboxylic acid groups (broad SMARTS) is 1. The smallest absolute Gasteiger partial charge is 0.357 e. The average Bonchev–Trinajstić information content (AvgIpc) is 2.25. The third-order valence-electron chi connectivity index (χ3n) is 1.87. The molecule has 1 aromatic heterocycles. The zero-order valence-electron chi connectivity index (χ0n) is 10.4. The second kappa shape index (κ2) is 5.01. The third-order valence-corrected chi connectivity index (χ3v) is 1.87. The molecule has 0 aliphatic rings. The quantitative estimate of drug-likeness (QED) is 0.418. The van der Waals surface area contributed by atoms with Crippen molar-refractivity contribution in [2.75, 3.05) is 5.43 Å². The summed E-state index contributed by atoms with van der Waals surface area (Å²) in [6, 6.07) is 2.52. The number of nitrogen functional groups attached to an aromatic ring is 1. The number of carbonyl (C=O) groups excluding carboxylic acids is 1. The van der Waals surface area contributed by atoms with E-state index in [1.165, 1.54) is 12.1 Å². The molecule has 7 heteroatoms. The summed E-state index contributed by atoms with van der Waals surface area (Å²) < 4.78 is 5.11. The van der Waals surface area contributed by atoms with E-state index in [4.69, 9.17) is 15.7 Å². The fraction of sp³-hybridized carbons (Fsp3) is 0.364. The van der Waals surface area contributed by atoms with Crippen molar-refractivity contribution in [2.24, 2.45) is 5.84 Å². The molecular formula is C11H15N3O4. The van der Waals surface area contributed by atoms with Crippen molar-refractivity contribution in [3.63, 3.8) is 0 Å². The number of nitrogens with two attached hydrogens (primary N) is 1. The summed E-state index contributed by atoms with van der Waals surface area (Å²) in [7, 11) is 0. The van der Waals surface area contributed by atoms with Crippen LogP contribution in [0.25, 0.3) is 0 Å². The average molecular weight is 253 g/mol. The number of carbonyl (C=O) groups is 2. The van der Waals surface area contributed by atoms with Crippen molar-refractivity contribution in [3.8, 4) is 0 Å². The van der Waals surface area contributed by atoms with Crippen molar-refractivity contribution in [1.29, 1.82) is 0 Å². The molecule has 0 bridgehead atoms. The molecular weight excluding hydrogens is 238 g/mol. The van der Waals surface area contributed by atoms with Crippen molar-refractivity contribution < 1.29 is 19.4 Å². The molecule has 0 radical (unpaired) electrons. The first kappa shape index (κ1) is 13.9. The molecule has 0 unspecified atom stereocenters. The van der Waals surface area contributed by atoms with Crippen LogP contribution in [-0.2, 0) is 4.74 Å². The van der Waals surface area contributed by atoms with Crippen LogP contribution in [0.3, 0.4) is 0 Å². The Morgan fingerprint density at radius 1 is 1.39 bits per heavy atom. The fourth-order valence-electron chi connectivity index (χ4n) is 1.19. The zero-order valence-corrected chi connectivity index (χ0v) is 10.4. The van der Waals surface area contributed by atoms with E-state index in [1.54, 1.807) is 20.8 Å². The van der Waals surface area contributed by atoms with Gasteiger partial charge in [0.1, 0.15) is 11.2 Å². The highest BCUT2D eigenvalue weighted by Gasteiger charge is 2.21. The molecule has 98 valence electrons. The largest absolute Gasteiger partial charge is 0.478 e. The van der Waals surface area contributed by atoms with Crippen molar-refractivity contribution >= 4 is 17.8 Å². The highest BCUT2D eigenvalue weighted by molar-refractivity contribution is 5.95. The number of rotatable bonds is 3. The van der Waals surface area contributed by atoms with Crippen LogP contribution < -0.4 is 11.3 Å². The Morgan fingerprint density at radius 2 is 2.00 bits per heavy atom. The fourth-order valence-corrected chi connectivity index (χ4v) is 1.19. The SMILES string of the molecule is CC(C)(C)OC(=O)c1ccc(C(=O)O)c(NN)n1. The van der Waals surface area contributed by atoms with Crippen molar-refractivity contribution in [3.05, 3.63) is 23.4 Å². The first-order valence-electron chi connectivity index (χ1n) is 5.19. The van der Waals surface area contributed by atoms with Gasteiger partial charge in [-0.3, -0.25) is 0 Å². The second-order valence-corrected chi connectivity index (χ2v) is 4.54. The number of pyridine rings is 1. The van der Waals surface area contributed by atoms with Crippen molar-refractivity contribution in [2.45, 2.75) is 26.4 Å². The minimum absolute atomic E-state index is 0.0112. The summed E-state index contributed by atoms with van der Waals surface area (Å²) in [4.78, 5) is 26.4. The highest BCUT2D eigenvalue weighted by Crippen LogP contribution is 2.15. The molecule has 0 aromatic carbocycles. The molecule has 7 nitrogen and oxygen atoms in total. The molecule has 0 atom stereocenters. The van der Waals surface area contributed by atoms with Crippen LogP contribution in [0, 0.1) is 0 Å². The molecule has 0 spiro atoms. The van der Waals surface area contributed by atoms with Crippen LogP contribution in [0.15, 0.2) is 12.1 Å². The number of anilines is 1. The van der Waals surface area contributed by atoms with Crippen LogP contribution in [0.1, 0.15) is 41.6 Å². The molecule has 0 aliphatic heterocycles. The Balaban J connectivity index is 3.06. The molecule has 1 heterocycles. The van der Waals surface area contributed by atoms with E-state index in [0.29, 0.717) is 0 Å². The van der Waals surface area contributed by atoms with Gasteiger partial charge in [-0.25, -0.2) is 20.4 Å². The van der Waals surface area contributed by atoms with E-state index in [0.717, 1.165) is 0 Å². The lowest BCUT2D eigenvalue weighted by atomic mass is 10.2. The first-order valence-corrected chi connectivity index (χ1v) is 5.19. The monoisotopic (exact) mass is 253 g/mol. The van der Waals surface area contributed by atoms with Crippen LogP contribution in [-0.4, -0.2) is 27.6 Å². The summed E-state index contributed by atoms with van der Waals surface area (Å²) in [5.74, 6) is 3.23. The van der Waals surface area contributed by atoms with Crippen LogP contribution in [0.2, 0.25) is 0 Å². The number of hydrogen-bond donors (Lipinski definition) is 3. The highest BCUT2D eigenvalue weighted by atomic mass is 16.6. The molecule has 0 saturated heterocycles. The Kier molecular flexibility index (Phi) is 3.87. The van der Waals surface area contributed by atoms with E-state index >= 15 is 0 Å². The molecule has 1 rings (SSSR count). The minimum atomic E-state index is -1.19. The first-order chi connectivity index (χ1) is 8.24. The number of nitrogens with zero attached hydrogens (tertiary/aromatic N) is 1. The van der Waals surface area contributed by atoms with Gasteiger partial charge in [-0.15, -0.1) is 0 Å². The Morgan fingerprint density at radius 3 is 2.44 bits per heavy atom. The summed E-state index contributed by atoms with van der Waals surface area (Å²) in [6.45, 7) is 5.16. The van der Waals surface area contributed by atoms with Gasteiger partial charge in [0, 0.05) is 0 Å². The van der Waals surface area contributed by atoms with Crippen LogP contribution in [0.5, 0.6) is 0 Å². The van der Waals surface area contributed by atoms with Gasteiger partial charge in [0.05, 0.1) is 0 Å². The number of ether oxygens (including phenoxy) is 1. The van der Waals surface area contributed by atoms with Crippen molar-refractivity contribution in [1.82, 2.24) is 4.98 Å². The van der Waals surface area contributed by atoms with Crippen LogP contribution >= 0.6 is 0 Å². The molecule has 0 amide bonds. The number of esters is 1. The van der Waals surface area contributed by atoms with Gasteiger partial charge in [-0.2, -0.15) is 0 Å². The zero-order chi connectivity index (χ0) is 13.9. The molecule has 4 N–H and O–H groups in total. The Bertz CT molecular complexity index is 480. The summed E-state index contributed by atoms with van der Waals surface area (Å²) in [5.41, 5.74) is 1.35. The Hall–Kier alpha value is -2.15. The minimum Gasteiger partial charge on any atom is -0.478 e. The molecule has 0 saturated carbocycles. The van der Waals surface area contributed by atoms with E-state index in [-0.39, 0.29) is 17.1 Å². The maximum absolute atomic E-state index is 11.7. The number of nitrogens with one attached hydrogen (secondary N) is 1. The van der Waals surface area contributed by atoms with Gasteiger partial charge in [-0.05, 0) is 32.9 Å². The van der Waals surface area contributed by atoms with Gasteiger partial charge in [-0.1, -0.05) is 0 Å². The molecule has 1 aromatic rings. The molecule has 0 aliphatic carbocycles. The van der Waals surface area contributed by atoms with Gasteiger partial charge in [0.2, 0.25) is 0 Å². The van der Waals surface area contributed by atoms with Crippen LogP contribution in [0.4, 0.5) is 5.82 Å². The number of hydrogen-bond acceptors (Lipinski definition) is 6. The second-order valence-electron chi connectivity index (χ2n) is 4.54. The normalized spacial score (nSPS) is 10.9. The predicted molar refractivity (Wildman–Crippen MR) is 64.2 cm³/mol. The topological polar surface area (TPSA) is 115 Å². The maximum atomic E-state index is 11.7. The van der Waals surface area contributed by atoms with E-state index in [1.807, 2.05) is 0 Å². The molecule has 0 fully saturated rings. The van der Waals surface area contributed by atoms with Gasteiger partial charge in [0.25, 0.3) is 0 Å². The number of aromatic carboxylic acids is 1. The lowest BCUT2D eigenvalue weighted by molar-refractivity contribution is 0.00625. The maximum Gasteiger partial charge on any atom is 0.357 e. The predicted octanol–water partition coefficient (Wildman–Crippen LogP) is 1.02. The summed E-state index contributed by atoms with van der Waals surface area (Å²) >= 11 is 0. The van der Waals surface area contributed by atoms with Gasteiger partial charge >= 0.3 is 11.9 Å². The number of carboxylic acids is 1. The van der Waals surface area contributed by atoms with Gasteiger partial charge in [0.15, 0.2) is 11.5 Å². The summed E-state index contributed by atoms with van der Waals surface area (Å²) in [6.07, 6.45) is 0. The summed E-state index contributed by atoms with van der Waals surface area (Å²) in [5, 5.41) is 8.86. The third kappa shape index (κ3) is 3.42. The van der Waals surface area contributed by atoms with E-state index in [2.05, 4.69) is 10.4 Å². The number of aromatic nitrogens is 1. The standard InChI is InChI=1S/C11H15N3O4/c1-11(2,3)18-10(17)7-5-4-6(9(15)16)8(13-7)14-12/h4-5H,12H2,1-3H3,(H,13,14)(H,15,16). The lowest BCUT2D eigenvalue weighted by Crippen LogP contribution is -2.25. The molecule has 18 heavy (non-hydrogen) atoms. The van der Waals surface area contributed by atoms with Gasteiger partial charge < -0.3 is 15.3 Å². The Labute approximate surface area is 104 Å². The van der Waals surface area contributed by atoms with E-state index in [9.17, 15) is 9.59 Å².